The number of aliphatic hydroxyl groups is 2. The van der Waals surface area contributed by atoms with Crippen molar-refractivity contribution in [3.63, 3.8) is 0 Å². The number of hydrogen-bond donors (Lipinski definition) is 3. The Balaban J connectivity index is 2.18. The average molecular weight is 304 g/mol. The number of nitrogens with one attached hydrogen (secondary N) is 1. The fourth-order valence-electron chi connectivity index (χ4n) is 2.12. The number of nitrogens with zero attached hydrogens (tertiary/aromatic N) is 1. The largest absolute Gasteiger partial charge is 0.497 e. The molecule has 1 unspecified atom stereocenters. The maximum atomic E-state index is 12.1. The SMILES string of the molecule is COc1cccc(-c2cc(C(=O)NCC(O)CO)n(C)c2)c1. The Kier molecular flexibility index (Phi) is 5.19. The van der Waals surface area contributed by atoms with Gasteiger partial charge in [0.15, 0.2) is 0 Å². The zero-order valence-corrected chi connectivity index (χ0v) is 12.6. The lowest BCUT2D eigenvalue weighted by molar-refractivity contribution is 0.0797. The van der Waals surface area contributed by atoms with Crippen LogP contribution in [-0.4, -0.2) is 47.1 Å². The van der Waals surface area contributed by atoms with Crippen molar-refractivity contribution in [2.24, 2.45) is 7.05 Å². The number of aryl methyl sites for hydroxylation is 1. The highest BCUT2D eigenvalue weighted by Crippen LogP contribution is 2.25. The van der Waals surface area contributed by atoms with Crippen molar-refractivity contribution in [2.75, 3.05) is 20.3 Å². The normalized spacial score (nSPS) is 12.0. The highest BCUT2D eigenvalue weighted by atomic mass is 16.5. The van der Waals surface area contributed by atoms with E-state index in [2.05, 4.69) is 5.32 Å². The van der Waals surface area contributed by atoms with Gasteiger partial charge in [0, 0.05) is 25.4 Å². The number of ether oxygens (including phenoxy) is 1. The lowest BCUT2D eigenvalue weighted by Crippen LogP contribution is -2.34. The molecular weight excluding hydrogens is 284 g/mol. The van der Waals surface area contributed by atoms with Gasteiger partial charge >= 0.3 is 0 Å². The Morgan fingerprint density at radius 3 is 2.82 bits per heavy atom. The maximum absolute atomic E-state index is 12.1. The van der Waals surface area contributed by atoms with Gasteiger partial charge in [0.2, 0.25) is 0 Å². The van der Waals surface area contributed by atoms with Crippen molar-refractivity contribution in [1.82, 2.24) is 9.88 Å². The molecule has 1 aromatic carbocycles. The lowest BCUT2D eigenvalue weighted by Gasteiger charge is -2.09. The minimum Gasteiger partial charge on any atom is -0.497 e. The number of aliphatic hydroxyl groups excluding tert-OH is 2. The van der Waals surface area contributed by atoms with Gasteiger partial charge < -0.3 is 24.8 Å². The molecule has 1 atom stereocenters. The Morgan fingerprint density at radius 2 is 2.14 bits per heavy atom. The van der Waals surface area contributed by atoms with E-state index in [0.717, 1.165) is 16.9 Å². The standard InChI is InChI=1S/C16H20N2O4/c1-18-9-12(11-4-3-5-14(6-11)22-2)7-15(18)16(21)17-8-13(20)10-19/h3-7,9,13,19-20H,8,10H2,1-2H3,(H,17,21). The molecule has 118 valence electrons. The van der Waals surface area contributed by atoms with Gasteiger partial charge in [-0.15, -0.1) is 0 Å². The van der Waals surface area contributed by atoms with Crippen LogP contribution in [0.5, 0.6) is 5.75 Å². The van der Waals surface area contributed by atoms with E-state index in [1.165, 1.54) is 0 Å². The van der Waals surface area contributed by atoms with E-state index in [1.54, 1.807) is 24.8 Å². The van der Waals surface area contributed by atoms with Crippen molar-refractivity contribution in [1.29, 1.82) is 0 Å². The molecule has 22 heavy (non-hydrogen) atoms. The second kappa shape index (κ2) is 7.11. The van der Waals surface area contributed by atoms with Crippen molar-refractivity contribution in [2.45, 2.75) is 6.10 Å². The number of rotatable bonds is 6. The quantitative estimate of drug-likeness (QED) is 0.736. The molecule has 6 heteroatoms. The minimum atomic E-state index is -0.956. The van der Waals surface area contributed by atoms with E-state index in [4.69, 9.17) is 9.84 Å². The number of amides is 1. The summed E-state index contributed by atoms with van der Waals surface area (Å²) in [6.07, 6.45) is 0.897. The zero-order chi connectivity index (χ0) is 16.1. The summed E-state index contributed by atoms with van der Waals surface area (Å²) in [5.41, 5.74) is 2.32. The number of carbonyl (C=O) groups excluding carboxylic acids is 1. The molecule has 2 aromatic rings. The van der Waals surface area contributed by atoms with Crippen LogP contribution in [0.1, 0.15) is 10.5 Å². The number of benzene rings is 1. The van der Waals surface area contributed by atoms with E-state index >= 15 is 0 Å². The summed E-state index contributed by atoms with van der Waals surface area (Å²) < 4.78 is 6.92. The third-order valence-electron chi connectivity index (χ3n) is 3.35. The average Bonchev–Trinajstić information content (AvgIpc) is 2.94. The molecule has 0 saturated heterocycles. The summed E-state index contributed by atoms with van der Waals surface area (Å²) in [7, 11) is 3.39. The molecule has 1 heterocycles. The molecule has 3 N–H and O–H groups in total. The molecule has 0 fully saturated rings. The Bertz CT molecular complexity index is 651. The summed E-state index contributed by atoms with van der Waals surface area (Å²) in [5, 5.41) is 20.6. The van der Waals surface area contributed by atoms with Gasteiger partial charge in [0.1, 0.15) is 11.4 Å². The molecule has 0 aliphatic heterocycles. The molecule has 0 bridgehead atoms. The smallest absolute Gasteiger partial charge is 0.268 e. The molecule has 0 spiro atoms. The van der Waals surface area contributed by atoms with Crippen molar-refractivity contribution < 1.29 is 19.7 Å². The van der Waals surface area contributed by atoms with Crippen LogP contribution in [0, 0.1) is 0 Å². The number of carbonyl (C=O) groups is 1. The summed E-state index contributed by atoms with van der Waals surface area (Å²) in [5.74, 6) is 0.447. The van der Waals surface area contributed by atoms with Crippen LogP contribution in [0.4, 0.5) is 0 Å². The molecule has 0 saturated carbocycles. The summed E-state index contributed by atoms with van der Waals surface area (Å²) in [6.45, 7) is -0.377. The van der Waals surface area contributed by atoms with Gasteiger partial charge in [-0.05, 0) is 23.8 Å². The topological polar surface area (TPSA) is 83.7 Å². The van der Waals surface area contributed by atoms with Gasteiger partial charge in [0.25, 0.3) is 5.91 Å². The first kappa shape index (κ1) is 16.1. The molecule has 1 aromatic heterocycles. The van der Waals surface area contributed by atoms with Gasteiger partial charge in [-0.2, -0.15) is 0 Å². The third kappa shape index (κ3) is 3.66. The van der Waals surface area contributed by atoms with E-state index < -0.39 is 6.10 Å². The van der Waals surface area contributed by atoms with Crippen molar-refractivity contribution in [3.8, 4) is 16.9 Å². The highest BCUT2D eigenvalue weighted by molar-refractivity contribution is 5.94. The van der Waals surface area contributed by atoms with E-state index in [9.17, 15) is 9.90 Å². The fraction of sp³-hybridized carbons (Fsp3) is 0.312. The number of hydrogen-bond acceptors (Lipinski definition) is 4. The molecule has 0 aliphatic carbocycles. The molecule has 0 radical (unpaired) electrons. The molecule has 6 nitrogen and oxygen atoms in total. The number of methoxy groups -OCH3 is 1. The Labute approximate surface area is 129 Å². The van der Waals surface area contributed by atoms with Crippen LogP contribution >= 0.6 is 0 Å². The minimum absolute atomic E-state index is 0.00894. The van der Waals surface area contributed by atoms with E-state index in [-0.39, 0.29) is 19.1 Å². The first-order valence-corrected chi connectivity index (χ1v) is 6.93. The third-order valence-corrected chi connectivity index (χ3v) is 3.35. The van der Waals surface area contributed by atoms with Gasteiger partial charge in [-0.3, -0.25) is 4.79 Å². The molecular formula is C16H20N2O4. The summed E-state index contributed by atoms with van der Waals surface area (Å²) in [6, 6.07) is 9.35. The summed E-state index contributed by atoms with van der Waals surface area (Å²) in [4.78, 5) is 12.1. The first-order chi connectivity index (χ1) is 10.5. The predicted molar refractivity (Wildman–Crippen MR) is 82.8 cm³/mol. The van der Waals surface area contributed by atoms with Crippen molar-refractivity contribution in [3.05, 3.63) is 42.2 Å². The number of aromatic nitrogens is 1. The molecule has 2 rings (SSSR count). The van der Waals surface area contributed by atoms with Crippen LogP contribution in [0.15, 0.2) is 36.5 Å². The van der Waals surface area contributed by atoms with Crippen LogP contribution in [-0.2, 0) is 7.05 Å². The van der Waals surface area contributed by atoms with E-state index in [1.807, 2.05) is 30.5 Å². The molecule has 0 aliphatic rings. The van der Waals surface area contributed by atoms with Crippen LogP contribution in [0.25, 0.3) is 11.1 Å². The lowest BCUT2D eigenvalue weighted by atomic mass is 10.1. The van der Waals surface area contributed by atoms with Gasteiger partial charge in [0.05, 0.1) is 19.8 Å². The second-order valence-electron chi connectivity index (χ2n) is 5.00. The van der Waals surface area contributed by atoms with Crippen LogP contribution in [0.2, 0.25) is 0 Å². The zero-order valence-electron chi connectivity index (χ0n) is 12.6. The second-order valence-corrected chi connectivity index (χ2v) is 5.00. The summed E-state index contributed by atoms with van der Waals surface area (Å²) >= 11 is 0. The predicted octanol–water partition coefficient (Wildman–Crippen LogP) is 0.784. The fourth-order valence-corrected chi connectivity index (χ4v) is 2.12. The maximum Gasteiger partial charge on any atom is 0.268 e. The van der Waals surface area contributed by atoms with Crippen molar-refractivity contribution >= 4 is 5.91 Å². The van der Waals surface area contributed by atoms with E-state index in [0.29, 0.717) is 5.69 Å². The Morgan fingerprint density at radius 1 is 1.36 bits per heavy atom. The van der Waals surface area contributed by atoms with Crippen LogP contribution < -0.4 is 10.1 Å². The Hall–Kier alpha value is -2.31. The van der Waals surface area contributed by atoms with Gasteiger partial charge in [-0.1, -0.05) is 12.1 Å². The highest BCUT2D eigenvalue weighted by Gasteiger charge is 2.14. The van der Waals surface area contributed by atoms with Crippen LogP contribution in [0.3, 0.4) is 0 Å². The monoisotopic (exact) mass is 304 g/mol. The first-order valence-electron chi connectivity index (χ1n) is 6.93. The van der Waals surface area contributed by atoms with Gasteiger partial charge in [-0.25, -0.2) is 0 Å². The molecule has 1 amide bonds.